The molecule has 2 aliphatic carbocycles. The van der Waals surface area contributed by atoms with Crippen molar-refractivity contribution in [2.24, 2.45) is 23.7 Å². The van der Waals surface area contributed by atoms with Crippen molar-refractivity contribution in [3.63, 3.8) is 0 Å². The number of nitro groups is 1. The number of hydrogen-bond donors (Lipinski definition) is 0. The number of benzene rings is 1. The third kappa shape index (κ3) is 1.95. The second kappa shape index (κ2) is 5.08. The van der Waals surface area contributed by atoms with Gasteiger partial charge in [0.25, 0.3) is 5.69 Å². The molecule has 25 heavy (non-hydrogen) atoms. The summed E-state index contributed by atoms with van der Waals surface area (Å²) < 4.78 is 13.4. The topological polar surface area (TPSA) is 80.5 Å². The molecule has 1 saturated heterocycles. The number of hydrogen-bond acceptors (Lipinski definition) is 4. The van der Waals surface area contributed by atoms with E-state index in [0.29, 0.717) is 0 Å². The van der Waals surface area contributed by atoms with Crippen molar-refractivity contribution in [1.82, 2.24) is 0 Å². The highest BCUT2D eigenvalue weighted by molar-refractivity contribution is 6.24. The van der Waals surface area contributed by atoms with Crippen molar-refractivity contribution in [2.45, 2.75) is 13.8 Å². The highest BCUT2D eigenvalue weighted by Gasteiger charge is 2.62. The van der Waals surface area contributed by atoms with Crippen molar-refractivity contribution >= 4 is 23.2 Å². The minimum Gasteiger partial charge on any atom is -0.274 e. The first-order valence-electron chi connectivity index (χ1n) is 8.00. The third-order valence-electron chi connectivity index (χ3n) is 5.37. The summed E-state index contributed by atoms with van der Waals surface area (Å²) in [5, 5.41) is 11.2. The van der Waals surface area contributed by atoms with E-state index in [-0.39, 0.29) is 17.5 Å². The predicted molar refractivity (Wildman–Crippen MR) is 87.0 cm³/mol. The van der Waals surface area contributed by atoms with Crippen LogP contribution >= 0.6 is 0 Å². The second-order valence-corrected chi connectivity index (χ2v) is 6.85. The van der Waals surface area contributed by atoms with Crippen molar-refractivity contribution in [2.75, 3.05) is 4.90 Å². The van der Waals surface area contributed by atoms with Gasteiger partial charge in [-0.3, -0.25) is 19.7 Å². The van der Waals surface area contributed by atoms with Crippen LogP contribution in [0.25, 0.3) is 0 Å². The molecule has 0 unspecified atom stereocenters. The van der Waals surface area contributed by atoms with Crippen LogP contribution in [0.5, 0.6) is 0 Å². The van der Waals surface area contributed by atoms with Crippen LogP contribution in [0.1, 0.15) is 13.8 Å². The van der Waals surface area contributed by atoms with Crippen molar-refractivity contribution < 1.29 is 18.9 Å². The molecule has 2 bridgehead atoms. The Hall–Kier alpha value is -2.83. The van der Waals surface area contributed by atoms with Gasteiger partial charge in [-0.15, -0.1) is 0 Å². The number of anilines is 1. The van der Waals surface area contributed by atoms with Crippen LogP contribution < -0.4 is 4.90 Å². The maximum absolute atomic E-state index is 13.4. The molecule has 0 N–H and O–H groups in total. The Balaban J connectivity index is 1.81. The first kappa shape index (κ1) is 15.7. The van der Waals surface area contributed by atoms with Gasteiger partial charge in [0.15, 0.2) is 0 Å². The molecule has 6 nitrogen and oxygen atoms in total. The summed E-state index contributed by atoms with van der Waals surface area (Å²) in [7, 11) is 0. The summed E-state index contributed by atoms with van der Waals surface area (Å²) in [6, 6.07) is 2.88. The molecule has 1 aromatic rings. The number of fused-ring (bicyclic) bond motifs is 5. The van der Waals surface area contributed by atoms with E-state index < -0.39 is 40.1 Å². The third-order valence-corrected chi connectivity index (χ3v) is 5.37. The fourth-order valence-electron chi connectivity index (χ4n) is 4.50. The molecule has 1 aromatic carbocycles. The van der Waals surface area contributed by atoms with Crippen LogP contribution in [0, 0.1) is 39.6 Å². The molecule has 2 amide bonds. The molecular weight excluding hydrogens is 327 g/mol. The minimum absolute atomic E-state index is 0.138. The van der Waals surface area contributed by atoms with Crippen molar-refractivity contribution in [3.05, 3.63) is 57.4 Å². The molecule has 1 aliphatic heterocycles. The zero-order chi connectivity index (χ0) is 18.0. The Morgan fingerprint density at radius 1 is 1.12 bits per heavy atom. The summed E-state index contributed by atoms with van der Waals surface area (Å²) >= 11 is 0. The number of amides is 2. The molecule has 1 saturated carbocycles. The summed E-state index contributed by atoms with van der Waals surface area (Å²) in [4.78, 5) is 37.2. The first-order valence-corrected chi connectivity index (χ1v) is 8.00. The number of carbonyl (C=O) groups excluding carboxylic acids is 2. The maximum atomic E-state index is 13.4. The number of nitro benzene ring substituents is 1. The average Bonchev–Trinajstić information content (AvgIpc) is 3.18. The lowest BCUT2D eigenvalue weighted by Crippen LogP contribution is -2.33. The summed E-state index contributed by atoms with van der Waals surface area (Å²) in [5.41, 5.74) is 1.46. The standard InChI is InChI=1S/C18H15FN2O4/c1-8(2)14-10-4-5-11(14)16-15(10)17(22)20(18(16)23)12-6-3-9(19)7-13(12)21(24)25/h3-7,10-11,15-16H,1-2H3/t10-,11-,15-,16+/m1/s1. The Labute approximate surface area is 142 Å². The molecule has 7 heteroatoms. The normalized spacial score (nSPS) is 29.6. The van der Waals surface area contributed by atoms with Gasteiger partial charge in [0.2, 0.25) is 11.8 Å². The van der Waals surface area contributed by atoms with Crippen molar-refractivity contribution in [1.29, 1.82) is 0 Å². The van der Waals surface area contributed by atoms with Gasteiger partial charge in [-0.1, -0.05) is 23.3 Å². The molecule has 0 spiro atoms. The Morgan fingerprint density at radius 2 is 1.68 bits per heavy atom. The van der Waals surface area contributed by atoms with E-state index in [1.54, 1.807) is 0 Å². The lowest BCUT2D eigenvalue weighted by Gasteiger charge is -2.19. The SMILES string of the molecule is CC(C)=C1[C@H]2C=C[C@H]1[C@H]1C(=O)N(c3ccc(F)cc3[N+](=O)[O-])C(=O)[C@H]12. The number of nitrogens with zero attached hydrogens (tertiary/aromatic N) is 2. The fourth-order valence-corrected chi connectivity index (χ4v) is 4.50. The van der Waals surface area contributed by atoms with E-state index in [4.69, 9.17) is 0 Å². The van der Waals surface area contributed by atoms with E-state index in [9.17, 15) is 24.1 Å². The van der Waals surface area contributed by atoms with Gasteiger partial charge in [0, 0.05) is 11.8 Å². The number of imide groups is 1. The van der Waals surface area contributed by atoms with E-state index in [1.807, 2.05) is 26.0 Å². The van der Waals surface area contributed by atoms with Crippen LogP contribution in [0.3, 0.4) is 0 Å². The molecule has 1 heterocycles. The van der Waals surface area contributed by atoms with Crippen LogP contribution in [0.4, 0.5) is 15.8 Å². The van der Waals surface area contributed by atoms with Gasteiger partial charge >= 0.3 is 0 Å². The monoisotopic (exact) mass is 342 g/mol. The molecule has 2 fully saturated rings. The number of allylic oxidation sites excluding steroid dienone is 4. The van der Waals surface area contributed by atoms with Crippen LogP contribution in [-0.4, -0.2) is 16.7 Å². The molecule has 128 valence electrons. The van der Waals surface area contributed by atoms with Gasteiger partial charge in [0.1, 0.15) is 11.5 Å². The molecule has 4 rings (SSSR count). The highest BCUT2D eigenvalue weighted by Crippen LogP contribution is 2.57. The van der Waals surface area contributed by atoms with Crippen LogP contribution in [-0.2, 0) is 9.59 Å². The number of rotatable bonds is 2. The summed E-state index contributed by atoms with van der Waals surface area (Å²) in [5.74, 6) is -3.01. The number of halogens is 1. The highest BCUT2D eigenvalue weighted by atomic mass is 19.1. The van der Waals surface area contributed by atoms with E-state index in [2.05, 4.69) is 0 Å². The largest absolute Gasteiger partial charge is 0.296 e. The zero-order valence-electron chi connectivity index (χ0n) is 13.6. The summed E-state index contributed by atoms with van der Waals surface area (Å²) in [6.07, 6.45) is 3.89. The van der Waals surface area contributed by atoms with Crippen LogP contribution in [0.2, 0.25) is 0 Å². The smallest absolute Gasteiger partial charge is 0.274 e. The lowest BCUT2D eigenvalue weighted by molar-refractivity contribution is -0.384. The Bertz CT molecular complexity index is 866. The van der Waals surface area contributed by atoms with Crippen molar-refractivity contribution in [3.8, 4) is 0 Å². The predicted octanol–water partition coefficient (Wildman–Crippen LogP) is 2.99. The summed E-state index contributed by atoms with van der Waals surface area (Å²) in [6.45, 7) is 3.92. The quantitative estimate of drug-likeness (QED) is 0.358. The van der Waals surface area contributed by atoms with Crippen LogP contribution in [0.15, 0.2) is 41.5 Å². The van der Waals surface area contributed by atoms with Gasteiger partial charge in [-0.2, -0.15) is 0 Å². The Kier molecular flexibility index (Phi) is 3.19. The van der Waals surface area contributed by atoms with Gasteiger partial charge in [-0.25, -0.2) is 9.29 Å². The molecule has 0 aromatic heterocycles. The van der Waals surface area contributed by atoms with Gasteiger partial charge in [0.05, 0.1) is 22.8 Å². The zero-order valence-corrected chi connectivity index (χ0v) is 13.6. The number of carbonyl (C=O) groups is 2. The molecular formula is C18H15FN2O4. The Morgan fingerprint density at radius 3 is 2.16 bits per heavy atom. The molecule has 0 radical (unpaired) electrons. The lowest BCUT2D eigenvalue weighted by atomic mass is 9.85. The molecule has 3 aliphatic rings. The average molecular weight is 342 g/mol. The van der Waals surface area contributed by atoms with Gasteiger partial charge in [-0.05, 0) is 26.0 Å². The van der Waals surface area contributed by atoms with E-state index in [0.717, 1.165) is 34.2 Å². The van der Waals surface area contributed by atoms with E-state index in [1.165, 1.54) is 0 Å². The van der Waals surface area contributed by atoms with E-state index >= 15 is 0 Å². The first-order chi connectivity index (χ1) is 11.8. The minimum atomic E-state index is -0.789. The second-order valence-electron chi connectivity index (χ2n) is 6.85. The van der Waals surface area contributed by atoms with Gasteiger partial charge < -0.3 is 0 Å². The fraction of sp³-hybridized carbons (Fsp3) is 0.333. The molecule has 4 atom stereocenters. The maximum Gasteiger partial charge on any atom is 0.296 e.